The van der Waals surface area contributed by atoms with Crippen molar-refractivity contribution in [1.82, 2.24) is 14.5 Å². The lowest BCUT2D eigenvalue weighted by atomic mass is 10.2. The van der Waals surface area contributed by atoms with Gasteiger partial charge in [-0.05, 0) is 30.3 Å². The summed E-state index contributed by atoms with van der Waals surface area (Å²) in [6.07, 6.45) is 3.25. The average molecular weight is 379 g/mol. The number of methoxy groups -OCH3 is 1. The highest BCUT2D eigenvalue weighted by atomic mass is 35.5. The van der Waals surface area contributed by atoms with Gasteiger partial charge in [-0.15, -0.1) is 0 Å². The van der Waals surface area contributed by atoms with Crippen LogP contribution in [-0.2, 0) is 0 Å². The lowest BCUT2D eigenvalue weighted by molar-refractivity contribution is 0.416. The fourth-order valence-electron chi connectivity index (χ4n) is 2.83. The molecule has 27 heavy (non-hydrogen) atoms. The Morgan fingerprint density at radius 3 is 2.70 bits per heavy atom. The molecule has 0 fully saturated rings. The highest BCUT2D eigenvalue weighted by molar-refractivity contribution is 6.31. The van der Waals surface area contributed by atoms with Crippen LogP contribution in [0.5, 0.6) is 5.75 Å². The summed E-state index contributed by atoms with van der Waals surface area (Å²) in [5.74, 6) is 0.947. The van der Waals surface area contributed by atoms with Crippen molar-refractivity contribution in [2.75, 3.05) is 12.4 Å². The third-order valence-electron chi connectivity index (χ3n) is 4.09. The number of anilines is 2. The second-order valence-electron chi connectivity index (χ2n) is 5.77. The molecule has 0 radical (unpaired) electrons. The van der Waals surface area contributed by atoms with Gasteiger partial charge in [-0.3, -0.25) is 9.78 Å². The number of nitrogens with zero attached hydrogens (tertiary/aromatic N) is 3. The van der Waals surface area contributed by atoms with Crippen LogP contribution in [0.3, 0.4) is 0 Å². The van der Waals surface area contributed by atoms with E-state index in [-0.39, 0.29) is 5.56 Å². The molecule has 0 saturated heterocycles. The van der Waals surface area contributed by atoms with E-state index in [0.717, 1.165) is 0 Å². The van der Waals surface area contributed by atoms with E-state index < -0.39 is 0 Å². The number of aromatic nitrogens is 3. The topological polar surface area (TPSA) is 69.0 Å². The molecule has 4 aromatic rings. The highest BCUT2D eigenvalue weighted by Crippen LogP contribution is 2.27. The number of benzene rings is 2. The van der Waals surface area contributed by atoms with Gasteiger partial charge in [0.15, 0.2) is 0 Å². The van der Waals surface area contributed by atoms with Crippen LogP contribution in [0.2, 0.25) is 5.02 Å². The molecule has 0 aliphatic heterocycles. The van der Waals surface area contributed by atoms with E-state index in [1.54, 1.807) is 43.8 Å². The smallest absolute Gasteiger partial charge is 0.267 e. The Hall–Kier alpha value is -3.38. The third-order valence-corrected chi connectivity index (χ3v) is 4.33. The van der Waals surface area contributed by atoms with E-state index in [1.165, 1.54) is 4.57 Å². The normalized spacial score (nSPS) is 10.7. The molecular formula is C20H15ClN4O2. The van der Waals surface area contributed by atoms with Crippen LogP contribution in [0.15, 0.2) is 71.8 Å². The number of hydrogen-bond donors (Lipinski definition) is 1. The average Bonchev–Trinajstić information content (AvgIpc) is 2.70. The Balaban J connectivity index is 1.98. The van der Waals surface area contributed by atoms with Crippen LogP contribution in [0.4, 0.5) is 11.6 Å². The molecule has 0 spiro atoms. The molecule has 134 valence electrons. The molecule has 0 unspecified atom stereocenters. The number of pyridine rings is 1. The van der Waals surface area contributed by atoms with Gasteiger partial charge in [0.25, 0.3) is 5.56 Å². The van der Waals surface area contributed by atoms with Crippen molar-refractivity contribution >= 4 is 34.1 Å². The van der Waals surface area contributed by atoms with Gasteiger partial charge in [-0.25, -0.2) is 9.55 Å². The van der Waals surface area contributed by atoms with E-state index in [1.807, 2.05) is 30.3 Å². The zero-order chi connectivity index (χ0) is 18.8. The van der Waals surface area contributed by atoms with E-state index in [9.17, 15) is 4.79 Å². The van der Waals surface area contributed by atoms with Crippen molar-refractivity contribution in [3.63, 3.8) is 0 Å². The number of nitrogens with one attached hydrogen (secondary N) is 1. The van der Waals surface area contributed by atoms with Crippen molar-refractivity contribution in [2.45, 2.75) is 0 Å². The molecule has 7 heteroatoms. The largest absolute Gasteiger partial charge is 0.494 e. The lowest BCUT2D eigenvalue weighted by Gasteiger charge is -2.16. The Morgan fingerprint density at radius 2 is 1.93 bits per heavy atom. The molecular weight excluding hydrogens is 364 g/mol. The summed E-state index contributed by atoms with van der Waals surface area (Å²) in [4.78, 5) is 22.0. The minimum atomic E-state index is -0.223. The fraction of sp³-hybridized carbons (Fsp3) is 0.0500. The maximum atomic E-state index is 13.2. The van der Waals surface area contributed by atoms with Crippen molar-refractivity contribution < 1.29 is 4.74 Å². The standard InChI is InChI=1S/C20H15ClN4O2/c1-27-18-9-10-22-12-17(18)24-20-23-16-8-7-13(21)11-15(16)19(26)25(20)14-5-3-2-4-6-14/h2-12H,1H3,(H,23,24). The van der Waals surface area contributed by atoms with E-state index in [2.05, 4.69) is 15.3 Å². The van der Waals surface area contributed by atoms with Crippen LogP contribution >= 0.6 is 11.6 Å². The predicted octanol–water partition coefficient (Wildman–Crippen LogP) is 4.19. The SMILES string of the molecule is COc1ccncc1Nc1nc2ccc(Cl)cc2c(=O)n1-c1ccccc1. The molecule has 0 aliphatic carbocycles. The van der Waals surface area contributed by atoms with E-state index >= 15 is 0 Å². The monoisotopic (exact) mass is 378 g/mol. The minimum Gasteiger partial charge on any atom is -0.494 e. The molecule has 6 nitrogen and oxygen atoms in total. The van der Waals surface area contributed by atoms with Crippen molar-refractivity contribution in [3.8, 4) is 11.4 Å². The van der Waals surface area contributed by atoms with Crippen LogP contribution in [0, 0.1) is 0 Å². The zero-order valence-electron chi connectivity index (χ0n) is 14.4. The number of fused-ring (bicyclic) bond motifs is 1. The number of halogens is 1. The van der Waals surface area contributed by atoms with Crippen molar-refractivity contribution in [2.24, 2.45) is 0 Å². The van der Waals surface area contributed by atoms with Gasteiger partial charge in [0, 0.05) is 17.3 Å². The molecule has 2 aromatic heterocycles. The first kappa shape index (κ1) is 17.1. The molecule has 0 bridgehead atoms. The van der Waals surface area contributed by atoms with E-state index in [0.29, 0.717) is 39.0 Å². The third kappa shape index (κ3) is 3.22. The quantitative estimate of drug-likeness (QED) is 0.576. The summed E-state index contributed by atoms with van der Waals surface area (Å²) in [6, 6.07) is 16.1. The van der Waals surface area contributed by atoms with Gasteiger partial charge >= 0.3 is 0 Å². The van der Waals surface area contributed by atoms with Crippen molar-refractivity contribution in [3.05, 3.63) is 82.4 Å². The molecule has 1 N–H and O–H groups in total. The first-order valence-corrected chi connectivity index (χ1v) is 8.58. The second kappa shape index (κ2) is 7.09. The molecule has 0 saturated carbocycles. The number of rotatable bonds is 4. The van der Waals surface area contributed by atoms with Gasteiger partial charge in [0.2, 0.25) is 5.95 Å². The van der Waals surface area contributed by atoms with Gasteiger partial charge < -0.3 is 10.1 Å². The van der Waals surface area contributed by atoms with Gasteiger partial charge in [0.05, 0.1) is 29.9 Å². The Labute approximate surface area is 160 Å². The summed E-state index contributed by atoms with van der Waals surface area (Å²) in [7, 11) is 1.57. The molecule has 0 atom stereocenters. The summed E-state index contributed by atoms with van der Waals surface area (Å²) in [5.41, 5.74) is 1.60. The van der Waals surface area contributed by atoms with Crippen LogP contribution < -0.4 is 15.6 Å². The van der Waals surface area contributed by atoms with Gasteiger partial charge in [-0.2, -0.15) is 0 Å². The number of hydrogen-bond acceptors (Lipinski definition) is 5. The molecule has 0 aliphatic rings. The molecule has 2 heterocycles. The first-order chi connectivity index (χ1) is 13.2. The van der Waals surface area contributed by atoms with Crippen LogP contribution in [0.25, 0.3) is 16.6 Å². The Kier molecular flexibility index (Phi) is 4.48. The summed E-state index contributed by atoms with van der Waals surface area (Å²) in [6.45, 7) is 0. The van der Waals surface area contributed by atoms with Gasteiger partial charge in [-0.1, -0.05) is 29.8 Å². The molecule has 4 rings (SSSR count). The zero-order valence-corrected chi connectivity index (χ0v) is 15.1. The lowest BCUT2D eigenvalue weighted by Crippen LogP contribution is -2.23. The maximum Gasteiger partial charge on any atom is 0.267 e. The minimum absolute atomic E-state index is 0.223. The van der Waals surface area contributed by atoms with Gasteiger partial charge in [0.1, 0.15) is 11.4 Å². The summed E-state index contributed by atoms with van der Waals surface area (Å²) >= 11 is 6.08. The predicted molar refractivity (Wildman–Crippen MR) is 106 cm³/mol. The summed E-state index contributed by atoms with van der Waals surface area (Å²) < 4.78 is 6.87. The first-order valence-electron chi connectivity index (χ1n) is 8.20. The number of para-hydroxylation sites is 1. The Bertz CT molecular complexity index is 1180. The molecule has 0 amide bonds. The second-order valence-corrected chi connectivity index (χ2v) is 6.21. The maximum absolute atomic E-state index is 13.2. The Morgan fingerprint density at radius 1 is 1.11 bits per heavy atom. The van der Waals surface area contributed by atoms with E-state index in [4.69, 9.17) is 16.3 Å². The van der Waals surface area contributed by atoms with Crippen LogP contribution in [0.1, 0.15) is 0 Å². The highest BCUT2D eigenvalue weighted by Gasteiger charge is 2.15. The molecule has 2 aromatic carbocycles. The number of ether oxygens (including phenoxy) is 1. The van der Waals surface area contributed by atoms with Crippen molar-refractivity contribution in [1.29, 1.82) is 0 Å². The van der Waals surface area contributed by atoms with Crippen LogP contribution in [-0.4, -0.2) is 21.6 Å². The fourth-order valence-corrected chi connectivity index (χ4v) is 3.00. The summed E-state index contributed by atoms with van der Waals surface area (Å²) in [5, 5.41) is 4.09.